The van der Waals surface area contributed by atoms with Crippen molar-refractivity contribution in [3.05, 3.63) is 59.9 Å². The number of carbonyl (C=O) groups is 1. The van der Waals surface area contributed by atoms with E-state index in [0.717, 1.165) is 47.7 Å². The van der Waals surface area contributed by atoms with Crippen LogP contribution in [0.25, 0.3) is 0 Å². The Balaban J connectivity index is 1.45. The minimum atomic E-state index is -0.118. The molecule has 2 amide bonds. The molecule has 0 aliphatic carbocycles. The SMILES string of the molecule is Cc1[nH]nc2c1N(C(=O)Nc1ccc(Cn3ccnc3)cc1)CCC2. The van der Waals surface area contributed by atoms with Gasteiger partial charge in [0, 0.05) is 31.2 Å². The van der Waals surface area contributed by atoms with Crippen molar-refractivity contribution in [2.24, 2.45) is 0 Å². The van der Waals surface area contributed by atoms with Gasteiger partial charge in [0.2, 0.25) is 0 Å². The molecule has 0 unspecified atom stereocenters. The number of nitrogens with one attached hydrogen (secondary N) is 2. The Morgan fingerprint density at radius 1 is 1.32 bits per heavy atom. The topological polar surface area (TPSA) is 78.8 Å². The number of urea groups is 1. The Kier molecular flexibility index (Phi) is 3.97. The summed E-state index contributed by atoms with van der Waals surface area (Å²) in [6.45, 7) is 3.41. The van der Waals surface area contributed by atoms with E-state index in [1.165, 1.54) is 0 Å². The molecular weight excluding hydrogens is 316 g/mol. The van der Waals surface area contributed by atoms with Crippen LogP contribution in [0.15, 0.2) is 43.0 Å². The van der Waals surface area contributed by atoms with Crippen LogP contribution in [0.1, 0.15) is 23.4 Å². The average Bonchev–Trinajstić information content (AvgIpc) is 3.27. The van der Waals surface area contributed by atoms with E-state index < -0.39 is 0 Å². The van der Waals surface area contributed by atoms with E-state index in [4.69, 9.17) is 0 Å². The van der Waals surface area contributed by atoms with Crippen LogP contribution in [0.3, 0.4) is 0 Å². The van der Waals surface area contributed by atoms with Gasteiger partial charge in [0.25, 0.3) is 0 Å². The molecule has 3 aromatic rings. The van der Waals surface area contributed by atoms with Gasteiger partial charge in [-0.15, -0.1) is 0 Å². The molecule has 4 rings (SSSR count). The number of H-pyrrole nitrogens is 1. The van der Waals surface area contributed by atoms with Crippen molar-refractivity contribution in [3.8, 4) is 0 Å². The third-order valence-corrected chi connectivity index (χ3v) is 4.43. The molecule has 2 N–H and O–H groups in total. The standard InChI is InChI=1S/C18H20N6O/c1-13-17-16(22-21-13)3-2-9-24(17)18(25)20-15-6-4-14(5-7-15)11-23-10-8-19-12-23/h4-8,10,12H,2-3,9,11H2,1H3,(H,20,25)(H,21,22). The smallest absolute Gasteiger partial charge is 0.326 e. The Morgan fingerprint density at radius 3 is 2.92 bits per heavy atom. The third kappa shape index (κ3) is 3.13. The second-order valence-electron chi connectivity index (χ2n) is 6.26. The second-order valence-corrected chi connectivity index (χ2v) is 6.26. The van der Waals surface area contributed by atoms with E-state index in [2.05, 4.69) is 20.5 Å². The number of imidazole rings is 1. The molecular formula is C18H20N6O. The summed E-state index contributed by atoms with van der Waals surface area (Å²) < 4.78 is 2.00. The zero-order chi connectivity index (χ0) is 17.2. The van der Waals surface area contributed by atoms with Crippen LogP contribution < -0.4 is 10.2 Å². The van der Waals surface area contributed by atoms with Gasteiger partial charge in [-0.05, 0) is 37.5 Å². The van der Waals surface area contributed by atoms with Crippen molar-refractivity contribution in [2.45, 2.75) is 26.3 Å². The lowest BCUT2D eigenvalue weighted by Crippen LogP contribution is -2.38. The predicted octanol–water partition coefficient (Wildman–Crippen LogP) is 2.95. The largest absolute Gasteiger partial charge is 0.333 e. The van der Waals surface area contributed by atoms with E-state index in [9.17, 15) is 4.79 Å². The van der Waals surface area contributed by atoms with Crippen LogP contribution >= 0.6 is 0 Å². The minimum Gasteiger partial charge on any atom is -0.333 e. The lowest BCUT2D eigenvalue weighted by atomic mass is 10.1. The minimum absolute atomic E-state index is 0.118. The van der Waals surface area contributed by atoms with Gasteiger partial charge in [0.1, 0.15) is 0 Å². The van der Waals surface area contributed by atoms with E-state index in [1.807, 2.05) is 42.0 Å². The van der Waals surface area contributed by atoms with Crippen molar-refractivity contribution in [1.82, 2.24) is 19.7 Å². The maximum Gasteiger partial charge on any atom is 0.326 e. The first kappa shape index (κ1) is 15.4. The number of carbonyl (C=O) groups excluding carboxylic acids is 1. The molecule has 0 fully saturated rings. The monoisotopic (exact) mass is 336 g/mol. The van der Waals surface area contributed by atoms with Gasteiger partial charge in [0.05, 0.1) is 23.4 Å². The van der Waals surface area contributed by atoms with Gasteiger partial charge >= 0.3 is 6.03 Å². The fourth-order valence-corrected chi connectivity index (χ4v) is 3.20. The highest BCUT2D eigenvalue weighted by atomic mass is 16.2. The summed E-state index contributed by atoms with van der Waals surface area (Å²) >= 11 is 0. The maximum absolute atomic E-state index is 12.7. The van der Waals surface area contributed by atoms with E-state index in [-0.39, 0.29) is 6.03 Å². The van der Waals surface area contributed by atoms with Crippen LogP contribution in [-0.4, -0.2) is 32.3 Å². The average molecular weight is 336 g/mol. The lowest BCUT2D eigenvalue weighted by molar-refractivity contribution is 0.256. The van der Waals surface area contributed by atoms with E-state index in [0.29, 0.717) is 6.54 Å². The fourth-order valence-electron chi connectivity index (χ4n) is 3.20. The highest BCUT2D eigenvalue weighted by Gasteiger charge is 2.26. The molecule has 128 valence electrons. The molecule has 7 nitrogen and oxygen atoms in total. The number of amides is 2. The van der Waals surface area contributed by atoms with Crippen LogP contribution in [0.4, 0.5) is 16.2 Å². The number of rotatable bonds is 3. The summed E-state index contributed by atoms with van der Waals surface area (Å²) in [6.07, 6.45) is 7.31. The molecule has 1 aromatic carbocycles. The van der Waals surface area contributed by atoms with Crippen LogP contribution in [0.2, 0.25) is 0 Å². The summed E-state index contributed by atoms with van der Waals surface area (Å²) in [5.41, 5.74) is 4.75. The Morgan fingerprint density at radius 2 is 2.16 bits per heavy atom. The molecule has 0 bridgehead atoms. The highest BCUT2D eigenvalue weighted by molar-refractivity contribution is 6.02. The van der Waals surface area contributed by atoms with Gasteiger partial charge in [-0.25, -0.2) is 9.78 Å². The summed E-state index contributed by atoms with van der Waals surface area (Å²) in [6, 6.07) is 7.77. The second kappa shape index (κ2) is 6.43. The third-order valence-electron chi connectivity index (χ3n) is 4.43. The Labute approximate surface area is 145 Å². The molecule has 1 aliphatic heterocycles. The predicted molar refractivity (Wildman–Crippen MR) is 95.8 cm³/mol. The maximum atomic E-state index is 12.7. The normalized spacial score (nSPS) is 13.6. The van der Waals surface area contributed by atoms with Gasteiger partial charge in [-0.1, -0.05) is 12.1 Å². The Hall–Kier alpha value is -3.09. The number of aromatic amines is 1. The molecule has 0 spiro atoms. The zero-order valence-electron chi connectivity index (χ0n) is 14.1. The molecule has 25 heavy (non-hydrogen) atoms. The number of hydrogen-bond acceptors (Lipinski definition) is 3. The van der Waals surface area contributed by atoms with Crippen LogP contribution in [0, 0.1) is 6.92 Å². The number of fused-ring (bicyclic) bond motifs is 1. The lowest BCUT2D eigenvalue weighted by Gasteiger charge is -2.27. The summed E-state index contributed by atoms with van der Waals surface area (Å²) in [5, 5.41) is 10.2. The first-order valence-electron chi connectivity index (χ1n) is 8.38. The zero-order valence-corrected chi connectivity index (χ0v) is 14.1. The van der Waals surface area contributed by atoms with Gasteiger partial charge < -0.3 is 9.88 Å². The summed E-state index contributed by atoms with van der Waals surface area (Å²) in [5.74, 6) is 0. The van der Waals surface area contributed by atoms with Crippen molar-refractivity contribution in [1.29, 1.82) is 0 Å². The molecule has 2 aromatic heterocycles. The summed E-state index contributed by atoms with van der Waals surface area (Å²) in [7, 11) is 0. The number of benzene rings is 1. The number of anilines is 2. The molecule has 0 radical (unpaired) electrons. The van der Waals surface area contributed by atoms with Crippen molar-refractivity contribution in [3.63, 3.8) is 0 Å². The summed E-state index contributed by atoms with van der Waals surface area (Å²) in [4.78, 5) is 18.5. The molecule has 1 aliphatic rings. The molecule has 3 heterocycles. The van der Waals surface area contributed by atoms with Crippen molar-refractivity contribution < 1.29 is 4.79 Å². The molecule has 0 atom stereocenters. The van der Waals surface area contributed by atoms with E-state index >= 15 is 0 Å². The number of hydrogen-bond donors (Lipinski definition) is 2. The quantitative estimate of drug-likeness (QED) is 0.772. The number of aryl methyl sites for hydroxylation is 2. The number of nitrogens with zero attached hydrogens (tertiary/aromatic N) is 4. The molecule has 0 saturated heterocycles. The fraction of sp³-hybridized carbons (Fsp3) is 0.278. The Bertz CT molecular complexity index is 866. The van der Waals surface area contributed by atoms with Crippen LogP contribution in [-0.2, 0) is 13.0 Å². The van der Waals surface area contributed by atoms with Gasteiger partial charge in [-0.2, -0.15) is 5.10 Å². The van der Waals surface area contributed by atoms with E-state index in [1.54, 1.807) is 17.4 Å². The van der Waals surface area contributed by atoms with Crippen molar-refractivity contribution in [2.75, 3.05) is 16.8 Å². The van der Waals surface area contributed by atoms with Crippen molar-refractivity contribution >= 4 is 17.4 Å². The first-order valence-corrected chi connectivity index (χ1v) is 8.38. The van der Waals surface area contributed by atoms with Gasteiger partial charge in [-0.3, -0.25) is 10.00 Å². The number of aromatic nitrogens is 4. The highest BCUT2D eigenvalue weighted by Crippen LogP contribution is 2.29. The van der Waals surface area contributed by atoms with Crippen LogP contribution in [0.5, 0.6) is 0 Å². The first-order chi connectivity index (χ1) is 12.2. The molecule has 0 saturated carbocycles. The molecule has 7 heteroatoms. The van der Waals surface area contributed by atoms with Gasteiger partial charge in [0.15, 0.2) is 0 Å².